The Labute approximate surface area is 154 Å². The number of piperidine rings is 1. The van der Waals surface area contributed by atoms with Crippen molar-refractivity contribution in [2.45, 2.75) is 44.4 Å². The molecule has 1 aliphatic heterocycles. The van der Waals surface area contributed by atoms with Crippen LogP contribution in [0.1, 0.15) is 46.2 Å². The maximum Gasteiger partial charge on any atom is 0.416 e. The van der Waals surface area contributed by atoms with Crippen LogP contribution in [0.5, 0.6) is 0 Å². The molecule has 1 fully saturated rings. The van der Waals surface area contributed by atoms with Crippen LogP contribution in [0.3, 0.4) is 0 Å². The smallest absolute Gasteiger partial charge is 0.416 e. The highest BCUT2D eigenvalue weighted by molar-refractivity contribution is 7.12. The van der Waals surface area contributed by atoms with E-state index >= 15 is 0 Å². The molecule has 1 aliphatic rings. The number of nitrogens with zero attached hydrogens (tertiary/aromatic N) is 1. The van der Waals surface area contributed by atoms with Crippen LogP contribution in [0.2, 0.25) is 0 Å². The van der Waals surface area contributed by atoms with Crippen molar-refractivity contribution in [3.05, 3.63) is 57.3 Å². The molecule has 0 amide bonds. The lowest BCUT2D eigenvalue weighted by atomic mass is 9.95. The summed E-state index contributed by atoms with van der Waals surface area (Å²) in [6.07, 6.45) is -2.11. The molecule has 1 N–H and O–H groups in total. The fraction of sp³-hybridized carbons (Fsp3) is 0.421. The second-order valence-electron chi connectivity index (χ2n) is 6.56. The molecule has 1 saturated heterocycles. The number of likely N-dealkylation sites (tertiary alicyclic amines) is 1. The minimum atomic E-state index is -4.39. The lowest BCUT2D eigenvalue weighted by Crippen LogP contribution is -2.46. The minimum absolute atomic E-state index is 0.350. The lowest BCUT2D eigenvalue weighted by Gasteiger charge is -2.39. The van der Waals surface area contributed by atoms with Gasteiger partial charge < -0.3 is 5.11 Å². The topological polar surface area (TPSA) is 40.5 Å². The predicted octanol–water partition coefficient (Wildman–Crippen LogP) is 5.10. The Morgan fingerprint density at radius 2 is 1.88 bits per heavy atom. The van der Waals surface area contributed by atoms with E-state index in [4.69, 9.17) is 0 Å². The van der Waals surface area contributed by atoms with Crippen LogP contribution < -0.4 is 0 Å². The van der Waals surface area contributed by atoms with Gasteiger partial charge in [-0.3, -0.25) is 9.69 Å². The molecule has 7 heteroatoms. The number of aliphatic carboxylic acids is 1. The van der Waals surface area contributed by atoms with Crippen LogP contribution >= 0.6 is 11.3 Å². The number of carbonyl (C=O) groups is 1. The van der Waals surface area contributed by atoms with Gasteiger partial charge in [0.2, 0.25) is 0 Å². The molecule has 3 rings (SSSR count). The van der Waals surface area contributed by atoms with Gasteiger partial charge in [0.05, 0.1) is 11.6 Å². The maximum absolute atomic E-state index is 12.9. The normalized spacial score (nSPS) is 20.1. The Morgan fingerprint density at radius 3 is 2.42 bits per heavy atom. The molecule has 0 radical (unpaired) electrons. The third-order valence-corrected chi connectivity index (χ3v) is 5.80. The number of hydrogen-bond acceptors (Lipinski definition) is 3. The molecule has 0 spiro atoms. The fourth-order valence-corrected chi connectivity index (χ4v) is 4.53. The Hall–Kier alpha value is -1.86. The van der Waals surface area contributed by atoms with Crippen LogP contribution in [-0.2, 0) is 11.0 Å². The summed E-state index contributed by atoms with van der Waals surface area (Å²) in [5.74, 6) is -0.880. The third kappa shape index (κ3) is 3.94. The zero-order chi connectivity index (χ0) is 18.9. The lowest BCUT2D eigenvalue weighted by molar-refractivity contribution is -0.145. The van der Waals surface area contributed by atoms with Gasteiger partial charge in [-0.2, -0.15) is 13.2 Å². The first-order valence-corrected chi connectivity index (χ1v) is 9.31. The van der Waals surface area contributed by atoms with Crippen LogP contribution in [0.4, 0.5) is 13.2 Å². The van der Waals surface area contributed by atoms with Crippen molar-refractivity contribution < 1.29 is 23.1 Å². The Bertz CT molecular complexity index is 770. The number of carboxylic acid groups (broad SMARTS) is 1. The highest BCUT2D eigenvalue weighted by Crippen LogP contribution is 2.38. The number of halogens is 3. The molecule has 1 aromatic carbocycles. The molecular formula is C19H20F3NO2S. The predicted molar refractivity (Wildman–Crippen MR) is 94.3 cm³/mol. The highest BCUT2D eigenvalue weighted by atomic mass is 32.1. The monoisotopic (exact) mass is 383 g/mol. The minimum Gasteiger partial charge on any atom is -0.480 e. The van der Waals surface area contributed by atoms with Gasteiger partial charge in [-0.25, -0.2) is 0 Å². The summed E-state index contributed by atoms with van der Waals surface area (Å²) >= 11 is 1.55. The summed E-state index contributed by atoms with van der Waals surface area (Å²) in [4.78, 5) is 15.7. The SMILES string of the molecule is Cc1ccc(C(c2ccc(C(F)(F)F)cc2)N2CCCCC2C(=O)O)s1. The van der Waals surface area contributed by atoms with E-state index in [0.29, 0.717) is 18.5 Å². The van der Waals surface area contributed by atoms with Crippen molar-refractivity contribution in [2.24, 2.45) is 0 Å². The van der Waals surface area contributed by atoms with Crippen molar-refractivity contribution in [1.29, 1.82) is 0 Å². The molecule has 0 saturated carbocycles. The average molecular weight is 383 g/mol. The van der Waals surface area contributed by atoms with Gasteiger partial charge in [0.15, 0.2) is 0 Å². The summed E-state index contributed by atoms with van der Waals surface area (Å²) in [5, 5.41) is 9.62. The van der Waals surface area contributed by atoms with Crippen molar-refractivity contribution in [2.75, 3.05) is 6.54 Å². The largest absolute Gasteiger partial charge is 0.480 e. The first-order valence-electron chi connectivity index (χ1n) is 8.49. The second kappa shape index (κ2) is 7.40. The summed E-state index contributed by atoms with van der Waals surface area (Å²) < 4.78 is 38.7. The molecule has 0 bridgehead atoms. The number of carboxylic acids is 1. The maximum atomic E-state index is 12.9. The summed E-state index contributed by atoms with van der Waals surface area (Å²) in [6.45, 7) is 2.57. The van der Waals surface area contributed by atoms with Gasteiger partial charge in [-0.1, -0.05) is 18.6 Å². The Kier molecular flexibility index (Phi) is 5.39. The van der Waals surface area contributed by atoms with E-state index in [2.05, 4.69) is 0 Å². The van der Waals surface area contributed by atoms with E-state index < -0.39 is 23.8 Å². The van der Waals surface area contributed by atoms with Crippen LogP contribution in [0.25, 0.3) is 0 Å². The van der Waals surface area contributed by atoms with Crippen LogP contribution in [-0.4, -0.2) is 28.6 Å². The van der Waals surface area contributed by atoms with Crippen LogP contribution in [0.15, 0.2) is 36.4 Å². The quantitative estimate of drug-likeness (QED) is 0.798. The van der Waals surface area contributed by atoms with Gasteiger partial charge in [0, 0.05) is 9.75 Å². The van der Waals surface area contributed by atoms with Crippen LogP contribution in [0, 0.1) is 6.92 Å². The number of aryl methyl sites for hydroxylation is 1. The van der Waals surface area contributed by atoms with E-state index in [0.717, 1.165) is 34.7 Å². The first kappa shape index (κ1) is 18.9. The van der Waals surface area contributed by atoms with Crippen molar-refractivity contribution >= 4 is 17.3 Å². The van der Waals surface area contributed by atoms with E-state index in [-0.39, 0.29) is 6.04 Å². The van der Waals surface area contributed by atoms with Gasteiger partial charge in [-0.15, -0.1) is 11.3 Å². The molecule has 2 aromatic rings. The molecule has 1 aromatic heterocycles. The number of thiophene rings is 1. The average Bonchev–Trinajstić information content (AvgIpc) is 3.01. The molecule has 140 valence electrons. The first-order chi connectivity index (χ1) is 12.3. The van der Waals surface area contributed by atoms with E-state index in [9.17, 15) is 23.1 Å². The molecule has 2 heterocycles. The summed E-state index contributed by atoms with van der Waals surface area (Å²) in [5.41, 5.74) is -0.0104. The number of hydrogen-bond donors (Lipinski definition) is 1. The zero-order valence-corrected chi connectivity index (χ0v) is 15.1. The highest BCUT2D eigenvalue weighted by Gasteiger charge is 2.36. The Morgan fingerprint density at radius 1 is 1.19 bits per heavy atom. The Balaban J connectivity index is 2.02. The van der Waals surface area contributed by atoms with Gasteiger partial charge in [-0.05, 0) is 56.1 Å². The second-order valence-corrected chi connectivity index (χ2v) is 7.88. The van der Waals surface area contributed by atoms with E-state index in [1.165, 1.54) is 12.1 Å². The molecule has 26 heavy (non-hydrogen) atoms. The summed E-state index contributed by atoms with van der Waals surface area (Å²) in [6, 6.07) is 8.00. The van der Waals surface area contributed by atoms with Crippen molar-refractivity contribution in [1.82, 2.24) is 4.90 Å². The molecular weight excluding hydrogens is 363 g/mol. The third-order valence-electron chi connectivity index (χ3n) is 4.75. The number of alkyl halides is 3. The van der Waals surface area contributed by atoms with Crippen molar-refractivity contribution in [3.63, 3.8) is 0 Å². The molecule has 0 aliphatic carbocycles. The zero-order valence-electron chi connectivity index (χ0n) is 14.3. The van der Waals surface area contributed by atoms with Gasteiger partial charge in [0.1, 0.15) is 6.04 Å². The molecule has 3 nitrogen and oxygen atoms in total. The summed E-state index contributed by atoms with van der Waals surface area (Å²) in [7, 11) is 0. The molecule has 2 atom stereocenters. The van der Waals surface area contributed by atoms with E-state index in [1.807, 2.05) is 24.0 Å². The molecule has 2 unspecified atom stereocenters. The van der Waals surface area contributed by atoms with Gasteiger partial charge in [0.25, 0.3) is 0 Å². The fourth-order valence-electron chi connectivity index (χ4n) is 3.50. The number of rotatable bonds is 4. The van der Waals surface area contributed by atoms with Gasteiger partial charge >= 0.3 is 12.1 Å². The van der Waals surface area contributed by atoms with E-state index in [1.54, 1.807) is 11.3 Å². The number of benzene rings is 1. The standard InChI is InChI=1S/C19H20F3NO2S/c1-12-5-10-16(26-12)17(23-11-3-2-4-15(23)18(24)25)13-6-8-14(9-7-13)19(20,21)22/h5-10,15,17H,2-4,11H2,1H3,(H,24,25). The van der Waals surface area contributed by atoms with Crippen molar-refractivity contribution in [3.8, 4) is 0 Å².